The maximum atomic E-state index is 13.0. The molecule has 6 nitrogen and oxygen atoms in total. The van der Waals surface area contributed by atoms with E-state index in [1.165, 1.54) is 0 Å². The Morgan fingerprint density at radius 3 is 2.82 bits per heavy atom. The Labute approximate surface area is 171 Å². The summed E-state index contributed by atoms with van der Waals surface area (Å²) < 4.78 is 3.80. The molecule has 0 saturated heterocycles. The molecule has 4 rings (SSSR count). The molecule has 1 N–H and O–H groups in total. The number of carbonyl (C=O) groups is 1. The van der Waals surface area contributed by atoms with Gasteiger partial charge in [0.1, 0.15) is 0 Å². The number of nitrogens with one attached hydrogen (secondary N) is 1. The molecule has 4 aromatic rings. The van der Waals surface area contributed by atoms with E-state index in [1.807, 2.05) is 56.5 Å². The summed E-state index contributed by atoms with van der Waals surface area (Å²) in [6, 6.07) is 11.4. The second-order valence-corrected chi connectivity index (χ2v) is 8.60. The van der Waals surface area contributed by atoms with Crippen LogP contribution < -0.4 is 5.32 Å². The third kappa shape index (κ3) is 3.53. The predicted molar refractivity (Wildman–Crippen MR) is 115 cm³/mol. The molecule has 28 heavy (non-hydrogen) atoms. The van der Waals surface area contributed by atoms with Crippen LogP contribution in [0.3, 0.4) is 0 Å². The van der Waals surface area contributed by atoms with Gasteiger partial charge in [-0.15, -0.1) is 11.3 Å². The number of thiazole rings is 1. The van der Waals surface area contributed by atoms with Crippen LogP contribution in [0.5, 0.6) is 0 Å². The molecule has 142 valence electrons. The van der Waals surface area contributed by atoms with Crippen molar-refractivity contribution in [3.63, 3.8) is 0 Å². The highest BCUT2D eigenvalue weighted by molar-refractivity contribution is 8.00. The molecule has 0 aliphatic rings. The molecule has 0 aliphatic heterocycles. The Morgan fingerprint density at radius 2 is 2.11 bits per heavy atom. The highest BCUT2D eigenvalue weighted by Gasteiger charge is 2.21. The van der Waals surface area contributed by atoms with Crippen LogP contribution >= 0.6 is 23.1 Å². The molecule has 0 atom stereocenters. The summed E-state index contributed by atoms with van der Waals surface area (Å²) in [5.74, 6) is 0.624. The molecule has 8 heteroatoms. The molecule has 1 aromatic carbocycles. The fourth-order valence-corrected chi connectivity index (χ4v) is 4.55. The molecular formula is C20H19N5OS2. The summed E-state index contributed by atoms with van der Waals surface area (Å²) in [5, 5.41) is 7.41. The van der Waals surface area contributed by atoms with Crippen molar-refractivity contribution in [1.82, 2.24) is 19.7 Å². The maximum Gasteiger partial charge on any atom is 0.259 e. The molecule has 0 saturated carbocycles. The number of rotatable bonds is 5. The summed E-state index contributed by atoms with van der Waals surface area (Å²) in [6.07, 6.45) is 5.33. The van der Waals surface area contributed by atoms with Gasteiger partial charge in [0, 0.05) is 11.9 Å². The van der Waals surface area contributed by atoms with Gasteiger partial charge in [0.05, 0.1) is 27.7 Å². The number of aromatic nitrogens is 4. The fraction of sp³-hybridized carbons (Fsp3) is 0.200. The van der Waals surface area contributed by atoms with Gasteiger partial charge < -0.3 is 5.32 Å². The number of hydrogen-bond acceptors (Lipinski definition) is 6. The first-order valence-corrected chi connectivity index (χ1v) is 10.9. The molecule has 0 spiro atoms. The van der Waals surface area contributed by atoms with Crippen molar-refractivity contribution in [1.29, 1.82) is 0 Å². The number of amides is 1. The summed E-state index contributed by atoms with van der Waals surface area (Å²) in [4.78, 5) is 21.9. The summed E-state index contributed by atoms with van der Waals surface area (Å²) in [5.41, 5.74) is 3.07. The van der Waals surface area contributed by atoms with E-state index in [0.717, 1.165) is 25.9 Å². The number of pyridine rings is 1. The fourth-order valence-electron chi connectivity index (χ4n) is 3.02. The largest absolute Gasteiger partial charge is 0.322 e. The first kappa shape index (κ1) is 18.6. The molecule has 1 amide bonds. The highest BCUT2D eigenvalue weighted by atomic mass is 32.2. The standard InChI is InChI=1S/C20H19N5OS2/c1-12(2)18-14(11-22-25(18)17-6-4-5-9-21-17)19(26)23-13-7-8-15-16(10-13)28-20(24-15)27-3/h4-12H,1-3H3,(H,23,26). The van der Waals surface area contributed by atoms with Crippen molar-refractivity contribution in [2.24, 2.45) is 0 Å². The van der Waals surface area contributed by atoms with E-state index in [0.29, 0.717) is 11.4 Å². The van der Waals surface area contributed by atoms with E-state index in [4.69, 9.17) is 0 Å². The molecule has 0 fully saturated rings. The molecule has 3 heterocycles. The summed E-state index contributed by atoms with van der Waals surface area (Å²) >= 11 is 3.24. The van der Waals surface area contributed by atoms with Crippen LogP contribution in [0.25, 0.3) is 16.0 Å². The van der Waals surface area contributed by atoms with Gasteiger partial charge in [-0.1, -0.05) is 31.7 Å². The Hall–Kier alpha value is -2.71. The number of nitrogens with zero attached hydrogens (tertiary/aromatic N) is 4. The number of hydrogen-bond donors (Lipinski definition) is 1. The number of benzene rings is 1. The second kappa shape index (κ2) is 7.73. The van der Waals surface area contributed by atoms with E-state index < -0.39 is 0 Å². The zero-order valence-corrected chi connectivity index (χ0v) is 17.3. The molecule has 0 unspecified atom stereocenters. The van der Waals surface area contributed by atoms with E-state index in [-0.39, 0.29) is 11.8 Å². The minimum absolute atomic E-state index is 0.110. The van der Waals surface area contributed by atoms with Crippen molar-refractivity contribution in [2.75, 3.05) is 11.6 Å². The van der Waals surface area contributed by atoms with Gasteiger partial charge in [0.15, 0.2) is 10.2 Å². The van der Waals surface area contributed by atoms with Gasteiger partial charge in [-0.25, -0.2) is 14.6 Å². The van der Waals surface area contributed by atoms with Gasteiger partial charge in [0.25, 0.3) is 5.91 Å². The van der Waals surface area contributed by atoms with Crippen molar-refractivity contribution in [2.45, 2.75) is 24.1 Å². The van der Waals surface area contributed by atoms with Crippen molar-refractivity contribution in [3.8, 4) is 5.82 Å². The Bertz CT molecular complexity index is 1130. The van der Waals surface area contributed by atoms with E-state index in [9.17, 15) is 4.79 Å². The second-order valence-electron chi connectivity index (χ2n) is 6.52. The lowest BCUT2D eigenvalue weighted by atomic mass is 10.1. The van der Waals surface area contributed by atoms with Gasteiger partial charge in [-0.05, 0) is 42.5 Å². The number of thioether (sulfide) groups is 1. The van der Waals surface area contributed by atoms with Crippen LogP contribution in [-0.2, 0) is 0 Å². The molecule has 3 aromatic heterocycles. The van der Waals surface area contributed by atoms with Crippen molar-refractivity contribution in [3.05, 3.63) is 60.0 Å². The van der Waals surface area contributed by atoms with Crippen LogP contribution in [0.4, 0.5) is 5.69 Å². The topological polar surface area (TPSA) is 72.7 Å². The quantitative estimate of drug-likeness (QED) is 0.471. The SMILES string of the molecule is CSc1nc2ccc(NC(=O)c3cnn(-c4ccccn4)c3C(C)C)cc2s1. The number of anilines is 1. The minimum Gasteiger partial charge on any atom is -0.322 e. The summed E-state index contributed by atoms with van der Waals surface area (Å²) in [6.45, 7) is 4.08. The Morgan fingerprint density at radius 1 is 1.25 bits per heavy atom. The van der Waals surface area contributed by atoms with Gasteiger partial charge in [0.2, 0.25) is 0 Å². The lowest BCUT2D eigenvalue weighted by molar-refractivity contribution is 0.102. The van der Waals surface area contributed by atoms with Crippen LogP contribution in [0, 0.1) is 0 Å². The van der Waals surface area contributed by atoms with Crippen LogP contribution in [0.2, 0.25) is 0 Å². The van der Waals surface area contributed by atoms with Gasteiger partial charge in [-0.3, -0.25) is 4.79 Å². The average Bonchev–Trinajstić information content (AvgIpc) is 3.32. The highest BCUT2D eigenvalue weighted by Crippen LogP contribution is 2.30. The molecule has 0 bridgehead atoms. The number of fused-ring (bicyclic) bond motifs is 1. The normalized spacial score (nSPS) is 11.3. The first-order chi connectivity index (χ1) is 13.6. The molecule has 0 radical (unpaired) electrons. The lowest BCUT2D eigenvalue weighted by Crippen LogP contribution is -2.15. The van der Waals surface area contributed by atoms with Gasteiger partial charge in [-0.2, -0.15) is 5.10 Å². The maximum absolute atomic E-state index is 13.0. The van der Waals surface area contributed by atoms with E-state index in [2.05, 4.69) is 20.4 Å². The zero-order valence-electron chi connectivity index (χ0n) is 15.7. The third-order valence-corrected chi connectivity index (χ3v) is 6.27. The smallest absolute Gasteiger partial charge is 0.259 e. The third-order valence-electron chi connectivity index (χ3n) is 4.27. The van der Waals surface area contributed by atoms with Crippen LogP contribution in [0.15, 0.2) is 53.1 Å². The van der Waals surface area contributed by atoms with Gasteiger partial charge >= 0.3 is 0 Å². The minimum atomic E-state index is -0.181. The van der Waals surface area contributed by atoms with Crippen LogP contribution in [0.1, 0.15) is 35.8 Å². The van der Waals surface area contributed by atoms with E-state index in [1.54, 1.807) is 40.2 Å². The molecular weight excluding hydrogens is 390 g/mol. The average molecular weight is 410 g/mol. The molecule has 0 aliphatic carbocycles. The summed E-state index contributed by atoms with van der Waals surface area (Å²) in [7, 11) is 0. The first-order valence-electron chi connectivity index (χ1n) is 8.82. The van der Waals surface area contributed by atoms with Crippen molar-refractivity contribution < 1.29 is 4.79 Å². The monoisotopic (exact) mass is 409 g/mol. The van der Waals surface area contributed by atoms with Crippen LogP contribution in [-0.4, -0.2) is 31.9 Å². The number of carbonyl (C=O) groups excluding carboxylic acids is 1. The lowest BCUT2D eigenvalue weighted by Gasteiger charge is -2.12. The predicted octanol–water partition coefficient (Wildman–Crippen LogP) is 4.97. The zero-order chi connectivity index (χ0) is 19.7. The van der Waals surface area contributed by atoms with E-state index >= 15 is 0 Å². The Kier molecular flexibility index (Phi) is 5.15. The Balaban J connectivity index is 1.66. The van der Waals surface area contributed by atoms with Crippen molar-refractivity contribution >= 4 is 44.9 Å².